The van der Waals surface area contributed by atoms with E-state index in [-0.39, 0.29) is 22.2 Å². The lowest BCUT2D eigenvalue weighted by Gasteiger charge is -2.15. The Morgan fingerprint density at radius 1 is 1.47 bits per heavy atom. The molecule has 1 heterocycles. The molecule has 0 saturated heterocycles. The lowest BCUT2D eigenvalue weighted by molar-refractivity contribution is 0.604. The number of nitrogens with two attached hydrogens (primary N) is 1. The van der Waals surface area contributed by atoms with Crippen LogP contribution in [0.25, 0.3) is 0 Å². The summed E-state index contributed by atoms with van der Waals surface area (Å²) in [4.78, 5) is 0. The molecule has 1 aromatic rings. The first-order chi connectivity index (χ1) is 7.89. The largest absolute Gasteiger partial charge is 0.397 e. The zero-order valence-electron chi connectivity index (χ0n) is 8.65. The van der Waals surface area contributed by atoms with Gasteiger partial charge in [0.25, 0.3) is 0 Å². The molecule has 92 valence electrons. The van der Waals surface area contributed by atoms with Crippen LogP contribution < -0.4 is 11.1 Å². The fraction of sp³-hybridized carbons (Fsp3) is 0.200. The Kier molecular flexibility index (Phi) is 3.01. The molecular weight excluding hydrogens is 267 g/mol. The van der Waals surface area contributed by atoms with Gasteiger partial charge >= 0.3 is 0 Å². The Bertz CT molecular complexity index is 586. The summed E-state index contributed by atoms with van der Waals surface area (Å²) >= 11 is 5.62. The maximum absolute atomic E-state index is 13.7. The molecule has 0 amide bonds. The van der Waals surface area contributed by atoms with Crippen LogP contribution >= 0.6 is 11.6 Å². The molecule has 17 heavy (non-hydrogen) atoms. The molecule has 0 fully saturated rings. The fourth-order valence-electron chi connectivity index (χ4n) is 1.56. The van der Waals surface area contributed by atoms with Gasteiger partial charge in [-0.2, -0.15) is 0 Å². The predicted octanol–water partition coefficient (Wildman–Crippen LogP) is 1.78. The lowest BCUT2D eigenvalue weighted by Crippen LogP contribution is -2.22. The number of nitrogens with one attached hydrogen (secondary N) is 1. The SMILES string of the molecule is Nc1ccc(Cl)c(F)c1NC1C=CS(=O)(=O)C1. The quantitative estimate of drug-likeness (QED) is 0.808. The van der Waals surface area contributed by atoms with Crippen molar-refractivity contribution in [2.45, 2.75) is 6.04 Å². The van der Waals surface area contributed by atoms with Crippen LogP contribution in [0.2, 0.25) is 5.02 Å². The first kappa shape index (κ1) is 12.2. The second-order valence-electron chi connectivity index (χ2n) is 3.73. The van der Waals surface area contributed by atoms with Crippen LogP contribution in [0.5, 0.6) is 0 Å². The van der Waals surface area contributed by atoms with Crippen LogP contribution in [0.1, 0.15) is 0 Å². The third-order valence-electron chi connectivity index (χ3n) is 2.39. The normalized spacial score (nSPS) is 21.6. The van der Waals surface area contributed by atoms with E-state index >= 15 is 0 Å². The molecule has 0 spiro atoms. The Balaban J connectivity index is 2.26. The minimum atomic E-state index is -3.19. The number of anilines is 2. The predicted molar refractivity (Wildman–Crippen MR) is 66.2 cm³/mol. The molecule has 0 aliphatic carbocycles. The molecule has 1 aromatic carbocycles. The Labute approximate surface area is 103 Å². The second-order valence-corrected chi connectivity index (χ2v) is 6.07. The summed E-state index contributed by atoms with van der Waals surface area (Å²) in [6, 6.07) is 2.31. The van der Waals surface area contributed by atoms with Crippen LogP contribution in [-0.4, -0.2) is 20.2 Å². The topological polar surface area (TPSA) is 72.2 Å². The van der Waals surface area contributed by atoms with Gasteiger partial charge in [-0.25, -0.2) is 12.8 Å². The highest BCUT2D eigenvalue weighted by atomic mass is 35.5. The minimum absolute atomic E-state index is 0.0317. The minimum Gasteiger partial charge on any atom is -0.397 e. The summed E-state index contributed by atoms with van der Waals surface area (Å²) in [6.45, 7) is 0. The zero-order chi connectivity index (χ0) is 12.6. The van der Waals surface area contributed by atoms with Crippen molar-refractivity contribution in [1.82, 2.24) is 0 Å². The second kappa shape index (κ2) is 4.19. The molecule has 0 saturated carbocycles. The van der Waals surface area contributed by atoms with E-state index in [1.54, 1.807) is 0 Å². The van der Waals surface area contributed by atoms with Gasteiger partial charge in [0.15, 0.2) is 15.7 Å². The van der Waals surface area contributed by atoms with Crippen molar-refractivity contribution in [2.75, 3.05) is 16.8 Å². The van der Waals surface area contributed by atoms with Crippen LogP contribution in [0.4, 0.5) is 15.8 Å². The summed E-state index contributed by atoms with van der Waals surface area (Å²) < 4.78 is 36.0. The average molecular weight is 277 g/mol. The lowest BCUT2D eigenvalue weighted by atomic mass is 10.2. The standard InChI is InChI=1S/C10H10ClFN2O2S/c11-7-1-2-8(13)10(9(7)12)14-6-3-4-17(15,16)5-6/h1-4,6,14H,5,13H2. The summed E-state index contributed by atoms with van der Waals surface area (Å²) in [5.74, 6) is -0.789. The summed E-state index contributed by atoms with van der Waals surface area (Å²) in [5.41, 5.74) is 5.82. The van der Waals surface area contributed by atoms with E-state index in [0.29, 0.717) is 0 Å². The summed E-state index contributed by atoms with van der Waals surface area (Å²) in [7, 11) is -3.19. The highest BCUT2D eigenvalue weighted by Gasteiger charge is 2.23. The molecule has 7 heteroatoms. The monoisotopic (exact) mass is 276 g/mol. The van der Waals surface area contributed by atoms with Gasteiger partial charge in [-0.15, -0.1) is 0 Å². The molecule has 3 N–H and O–H groups in total. The van der Waals surface area contributed by atoms with Gasteiger partial charge in [0, 0.05) is 5.41 Å². The van der Waals surface area contributed by atoms with Gasteiger partial charge in [0.1, 0.15) is 0 Å². The molecule has 0 aromatic heterocycles. The van der Waals surface area contributed by atoms with Gasteiger partial charge in [-0.1, -0.05) is 17.7 Å². The van der Waals surface area contributed by atoms with Crippen LogP contribution in [-0.2, 0) is 9.84 Å². The van der Waals surface area contributed by atoms with Crippen LogP contribution in [0.3, 0.4) is 0 Å². The molecule has 2 rings (SSSR count). The van der Waals surface area contributed by atoms with Gasteiger partial charge < -0.3 is 11.1 Å². The van der Waals surface area contributed by atoms with E-state index in [2.05, 4.69) is 5.32 Å². The van der Waals surface area contributed by atoms with E-state index in [4.69, 9.17) is 17.3 Å². The number of nitrogen functional groups attached to an aromatic ring is 1. The molecule has 1 aliphatic heterocycles. The van der Waals surface area contributed by atoms with Gasteiger partial charge in [0.2, 0.25) is 0 Å². The molecule has 1 atom stereocenters. The number of hydrogen-bond acceptors (Lipinski definition) is 4. The number of sulfone groups is 1. The first-order valence-electron chi connectivity index (χ1n) is 4.80. The summed E-state index contributed by atoms with van der Waals surface area (Å²) in [6.07, 6.45) is 1.45. The van der Waals surface area contributed by atoms with E-state index in [1.165, 1.54) is 18.2 Å². The number of rotatable bonds is 2. The van der Waals surface area contributed by atoms with Crippen LogP contribution in [0.15, 0.2) is 23.6 Å². The van der Waals surface area contributed by atoms with Gasteiger partial charge in [-0.05, 0) is 12.1 Å². The zero-order valence-corrected chi connectivity index (χ0v) is 10.2. The molecule has 1 aliphatic rings. The smallest absolute Gasteiger partial charge is 0.173 e. The van der Waals surface area contributed by atoms with E-state index in [9.17, 15) is 12.8 Å². The van der Waals surface area contributed by atoms with Crippen molar-refractivity contribution in [3.63, 3.8) is 0 Å². The third-order valence-corrected chi connectivity index (χ3v) is 4.07. The Morgan fingerprint density at radius 2 is 2.18 bits per heavy atom. The maximum atomic E-state index is 13.7. The molecule has 4 nitrogen and oxygen atoms in total. The Hall–Kier alpha value is -1.27. The van der Waals surface area contributed by atoms with Crippen molar-refractivity contribution in [1.29, 1.82) is 0 Å². The van der Waals surface area contributed by atoms with Gasteiger partial charge in [0.05, 0.1) is 28.2 Å². The number of benzene rings is 1. The fourth-order valence-corrected chi connectivity index (χ4v) is 2.96. The number of hydrogen-bond donors (Lipinski definition) is 2. The van der Waals surface area contributed by atoms with Crippen LogP contribution in [0, 0.1) is 5.82 Å². The number of halogens is 2. The van der Waals surface area contributed by atoms with Crippen molar-refractivity contribution in [2.24, 2.45) is 0 Å². The van der Waals surface area contributed by atoms with Crippen molar-refractivity contribution in [3.05, 3.63) is 34.5 Å². The first-order valence-corrected chi connectivity index (χ1v) is 6.89. The highest BCUT2D eigenvalue weighted by Crippen LogP contribution is 2.29. The van der Waals surface area contributed by atoms with Crippen molar-refractivity contribution < 1.29 is 12.8 Å². The Morgan fingerprint density at radius 3 is 2.76 bits per heavy atom. The van der Waals surface area contributed by atoms with E-state index in [0.717, 1.165) is 5.41 Å². The third kappa shape index (κ3) is 2.53. The van der Waals surface area contributed by atoms with Gasteiger partial charge in [-0.3, -0.25) is 0 Å². The summed E-state index contributed by atoms with van der Waals surface area (Å²) in [5, 5.41) is 3.76. The van der Waals surface area contributed by atoms with E-state index < -0.39 is 21.7 Å². The van der Waals surface area contributed by atoms with E-state index in [1.807, 2.05) is 0 Å². The molecule has 0 bridgehead atoms. The van der Waals surface area contributed by atoms with Crippen molar-refractivity contribution >= 4 is 32.8 Å². The molecular formula is C10H10ClFN2O2S. The highest BCUT2D eigenvalue weighted by molar-refractivity contribution is 7.94. The average Bonchev–Trinajstić information content (AvgIpc) is 2.59. The molecule has 1 unspecified atom stereocenters. The van der Waals surface area contributed by atoms with Crippen molar-refractivity contribution in [3.8, 4) is 0 Å². The molecule has 0 radical (unpaired) electrons. The maximum Gasteiger partial charge on any atom is 0.173 e.